The topological polar surface area (TPSA) is 91.6 Å². The number of aliphatic imine (C=N–C) groups is 1. The van der Waals surface area contributed by atoms with Gasteiger partial charge in [-0.15, -0.1) is 0 Å². The molecule has 3 aromatic rings. The van der Waals surface area contributed by atoms with Crippen LogP contribution in [0.25, 0.3) is 0 Å². The summed E-state index contributed by atoms with van der Waals surface area (Å²) in [6.07, 6.45) is 1.60. The molecular formula is C23H16IN3O2. The molecule has 1 atom stereocenters. The standard InChI is InChI=1S/C23H16IN3O2/c24-16-6-8-17(9-7-16)27-13-15-10-18-21(11-20(15)28)29-23(26)19(12-25)22(18)14-4-2-1-3-5-14/h1-11,13,22,28H,26H2/t22-/m1/s1. The highest BCUT2D eigenvalue weighted by atomic mass is 127. The molecule has 1 aliphatic rings. The third-order valence-corrected chi connectivity index (χ3v) is 5.40. The van der Waals surface area contributed by atoms with Gasteiger partial charge in [0.1, 0.15) is 23.1 Å². The molecule has 0 saturated carbocycles. The van der Waals surface area contributed by atoms with Crippen LogP contribution in [0.1, 0.15) is 22.6 Å². The second-order valence-corrected chi connectivity index (χ2v) is 7.76. The van der Waals surface area contributed by atoms with E-state index in [1.54, 1.807) is 12.3 Å². The maximum absolute atomic E-state index is 10.5. The molecule has 1 aliphatic heterocycles. The third-order valence-electron chi connectivity index (χ3n) is 4.68. The Morgan fingerprint density at radius 3 is 2.52 bits per heavy atom. The second-order valence-electron chi connectivity index (χ2n) is 6.52. The van der Waals surface area contributed by atoms with E-state index in [1.165, 1.54) is 6.07 Å². The first-order valence-electron chi connectivity index (χ1n) is 8.86. The van der Waals surface area contributed by atoms with Crippen molar-refractivity contribution >= 4 is 34.5 Å². The number of hydrogen-bond donors (Lipinski definition) is 2. The molecule has 0 spiro atoms. The van der Waals surface area contributed by atoms with E-state index in [0.29, 0.717) is 16.9 Å². The molecule has 1 heterocycles. The summed E-state index contributed by atoms with van der Waals surface area (Å²) in [6, 6.07) is 22.8. The lowest BCUT2D eigenvalue weighted by Gasteiger charge is -2.27. The summed E-state index contributed by atoms with van der Waals surface area (Å²) in [5.41, 5.74) is 9.32. The molecule has 5 nitrogen and oxygen atoms in total. The fraction of sp³-hybridized carbons (Fsp3) is 0.0435. The Hall–Kier alpha value is -3.31. The Kier molecular flexibility index (Phi) is 5.23. The Bertz CT molecular complexity index is 1160. The van der Waals surface area contributed by atoms with Gasteiger partial charge in [0.05, 0.1) is 11.6 Å². The summed E-state index contributed by atoms with van der Waals surface area (Å²) < 4.78 is 6.75. The zero-order chi connectivity index (χ0) is 20.4. The molecule has 142 valence electrons. The lowest BCUT2D eigenvalue weighted by atomic mass is 9.83. The minimum atomic E-state index is -0.379. The number of benzene rings is 3. The molecule has 0 amide bonds. The Morgan fingerprint density at radius 2 is 1.83 bits per heavy atom. The molecule has 0 bridgehead atoms. The normalized spacial score (nSPS) is 15.7. The van der Waals surface area contributed by atoms with E-state index in [-0.39, 0.29) is 17.6 Å². The molecular weight excluding hydrogens is 477 g/mol. The van der Waals surface area contributed by atoms with Crippen molar-refractivity contribution in [3.63, 3.8) is 0 Å². The monoisotopic (exact) mass is 493 g/mol. The van der Waals surface area contributed by atoms with Crippen molar-refractivity contribution in [3.8, 4) is 17.6 Å². The fourth-order valence-electron chi connectivity index (χ4n) is 3.27. The van der Waals surface area contributed by atoms with Gasteiger partial charge < -0.3 is 15.6 Å². The molecule has 4 rings (SSSR count). The average molecular weight is 493 g/mol. The van der Waals surface area contributed by atoms with Crippen molar-refractivity contribution < 1.29 is 9.84 Å². The van der Waals surface area contributed by atoms with Crippen LogP contribution in [-0.4, -0.2) is 11.3 Å². The van der Waals surface area contributed by atoms with Gasteiger partial charge in [0.2, 0.25) is 5.88 Å². The van der Waals surface area contributed by atoms with Gasteiger partial charge in [-0.2, -0.15) is 5.26 Å². The van der Waals surface area contributed by atoms with Gasteiger partial charge in [-0.25, -0.2) is 0 Å². The predicted molar refractivity (Wildman–Crippen MR) is 120 cm³/mol. The molecule has 0 fully saturated rings. The van der Waals surface area contributed by atoms with Gasteiger partial charge >= 0.3 is 0 Å². The van der Waals surface area contributed by atoms with Crippen LogP contribution < -0.4 is 10.5 Å². The number of nitrogens with zero attached hydrogens (tertiary/aromatic N) is 2. The van der Waals surface area contributed by atoms with Gasteiger partial charge in [-0.1, -0.05) is 30.3 Å². The summed E-state index contributed by atoms with van der Waals surface area (Å²) in [5.74, 6) is 0.127. The summed E-state index contributed by atoms with van der Waals surface area (Å²) in [4.78, 5) is 4.45. The van der Waals surface area contributed by atoms with E-state index in [9.17, 15) is 10.4 Å². The predicted octanol–water partition coefficient (Wildman–Crippen LogP) is 4.97. The lowest BCUT2D eigenvalue weighted by Crippen LogP contribution is -2.21. The van der Waals surface area contributed by atoms with Crippen LogP contribution in [0.5, 0.6) is 11.5 Å². The highest BCUT2D eigenvalue weighted by Crippen LogP contribution is 2.44. The quantitative estimate of drug-likeness (QED) is 0.399. The maximum Gasteiger partial charge on any atom is 0.205 e. The van der Waals surface area contributed by atoms with Crippen molar-refractivity contribution in [3.05, 3.63) is 98.4 Å². The van der Waals surface area contributed by atoms with E-state index in [2.05, 4.69) is 33.7 Å². The zero-order valence-electron chi connectivity index (χ0n) is 15.2. The van der Waals surface area contributed by atoms with Crippen LogP contribution in [0.3, 0.4) is 0 Å². The summed E-state index contributed by atoms with van der Waals surface area (Å²) >= 11 is 2.23. The maximum atomic E-state index is 10.5. The van der Waals surface area contributed by atoms with E-state index in [4.69, 9.17) is 10.5 Å². The summed E-state index contributed by atoms with van der Waals surface area (Å²) in [7, 11) is 0. The largest absolute Gasteiger partial charge is 0.507 e. The van der Waals surface area contributed by atoms with Gasteiger partial charge in [0, 0.05) is 27.0 Å². The van der Waals surface area contributed by atoms with Crippen LogP contribution in [-0.2, 0) is 0 Å². The van der Waals surface area contributed by atoms with Crippen molar-refractivity contribution in [2.24, 2.45) is 10.7 Å². The number of rotatable bonds is 3. The third kappa shape index (κ3) is 3.82. The Labute approximate surface area is 181 Å². The van der Waals surface area contributed by atoms with Crippen LogP contribution in [0.4, 0.5) is 5.69 Å². The highest BCUT2D eigenvalue weighted by molar-refractivity contribution is 14.1. The van der Waals surface area contributed by atoms with E-state index in [1.807, 2.05) is 54.6 Å². The summed E-state index contributed by atoms with van der Waals surface area (Å²) in [5, 5.41) is 20.1. The van der Waals surface area contributed by atoms with Crippen LogP contribution in [0, 0.1) is 14.9 Å². The second kappa shape index (κ2) is 7.97. The number of hydrogen-bond acceptors (Lipinski definition) is 5. The number of halogens is 1. The number of nitriles is 1. The first-order chi connectivity index (χ1) is 14.1. The highest BCUT2D eigenvalue weighted by Gasteiger charge is 2.31. The van der Waals surface area contributed by atoms with E-state index in [0.717, 1.165) is 20.4 Å². The lowest BCUT2D eigenvalue weighted by molar-refractivity contribution is 0.388. The molecule has 0 aromatic heterocycles. The van der Waals surface area contributed by atoms with Crippen molar-refractivity contribution in [2.75, 3.05) is 0 Å². The number of aromatic hydroxyl groups is 1. The van der Waals surface area contributed by atoms with Crippen LogP contribution in [0.15, 0.2) is 83.2 Å². The average Bonchev–Trinajstić information content (AvgIpc) is 2.73. The van der Waals surface area contributed by atoms with E-state index >= 15 is 0 Å². The van der Waals surface area contributed by atoms with Gasteiger partial charge in [0.15, 0.2) is 0 Å². The van der Waals surface area contributed by atoms with Crippen molar-refractivity contribution in [1.29, 1.82) is 5.26 Å². The van der Waals surface area contributed by atoms with Gasteiger partial charge in [-0.05, 0) is 58.5 Å². The molecule has 0 radical (unpaired) electrons. The molecule has 3 aromatic carbocycles. The van der Waals surface area contributed by atoms with Gasteiger partial charge in [0.25, 0.3) is 0 Å². The Morgan fingerprint density at radius 1 is 1.10 bits per heavy atom. The first kappa shape index (κ1) is 19.0. The first-order valence-corrected chi connectivity index (χ1v) is 9.94. The number of nitrogens with two attached hydrogens (primary N) is 1. The number of ether oxygens (including phenoxy) is 1. The molecule has 29 heavy (non-hydrogen) atoms. The fourth-order valence-corrected chi connectivity index (χ4v) is 3.63. The minimum Gasteiger partial charge on any atom is -0.507 e. The Balaban J connectivity index is 1.80. The number of phenols is 1. The number of phenolic OH excluding ortho intramolecular Hbond substituents is 1. The molecule has 0 unspecified atom stereocenters. The zero-order valence-corrected chi connectivity index (χ0v) is 17.4. The van der Waals surface area contributed by atoms with Gasteiger partial charge in [-0.3, -0.25) is 4.99 Å². The minimum absolute atomic E-state index is 0.0260. The van der Waals surface area contributed by atoms with Crippen molar-refractivity contribution in [2.45, 2.75) is 5.92 Å². The smallest absolute Gasteiger partial charge is 0.205 e. The molecule has 0 saturated heterocycles. The van der Waals surface area contributed by atoms with Crippen LogP contribution >= 0.6 is 22.6 Å². The molecule has 3 N–H and O–H groups in total. The van der Waals surface area contributed by atoms with E-state index < -0.39 is 0 Å². The number of fused-ring (bicyclic) bond motifs is 1. The number of allylic oxidation sites excluding steroid dienone is 1. The SMILES string of the molecule is N#CC1=C(N)Oc2cc(O)c(C=Nc3ccc(I)cc3)cc2[C@H]1c1ccccc1. The molecule has 6 heteroatoms. The van der Waals surface area contributed by atoms with Crippen molar-refractivity contribution in [1.82, 2.24) is 0 Å². The van der Waals surface area contributed by atoms with Crippen LogP contribution in [0.2, 0.25) is 0 Å². The summed E-state index contributed by atoms with van der Waals surface area (Å²) in [6.45, 7) is 0. The molecule has 0 aliphatic carbocycles.